The summed E-state index contributed by atoms with van der Waals surface area (Å²) in [6.45, 7) is 7.31. The Morgan fingerprint density at radius 2 is 1.71 bits per heavy atom. The van der Waals surface area contributed by atoms with E-state index in [9.17, 15) is 9.59 Å². The van der Waals surface area contributed by atoms with Crippen molar-refractivity contribution >= 4 is 11.9 Å². The summed E-state index contributed by atoms with van der Waals surface area (Å²) >= 11 is 0. The van der Waals surface area contributed by atoms with E-state index in [2.05, 4.69) is 5.32 Å². The number of hydrogen-bond acceptors (Lipinski definition) is 2. The van der Waals surface area contributed by atoms with Gasteiger partial charge in [-0.05, 0) is 19.8 Å². The van der Waals surface area contributed by atoms with E-state index in [4.69, 9.17) is 5.11 Å². The van der Waals surface area contributed by atoms with Crippen LogP contribution in [0, 0.1) is 11.8 Å². The van der Waals surface area contributed by atoms with Gasteiger partial charge in [0.05, 0.1) is 5.92 Å². The van der Waals surface area contributed by atoms with Crippen LogP contribution >= 0.6 is 0 Å². The van der Waals surface area contributed by atoms with Gasteiger partial charge in [0.2, 0.25) is 5.91 Å². The average Bonchev–Trinajstić information content (AvgIpc) is 1.97. The summed E-state index contributed by atoms with van der Waals surface area (Å²) in [5.41, 5.74) is 0. The van der Waals surface area contributed by atoms with Gasteiger partial charge < -0.3 is 10.4 Å². The summed E-state index contributed by atoms with van der Waals surface area (Å²) in [7, 11) is 0. The van der Waals surface area contributed by atoms with Gasteiger partial charge in [-0.2, -0.15) is 0 Å². The van der Waals surface area contributed by atoms with Crippen molar-refractivity contribution in [3.63, 3.8) is 0 Å². The second-order valence-electron chi connectivity index (χ2n) is 4.12. The van der Waals surface area contributed by atoms with Gasteiger partial charge in [-0.25, -0.2) is 0 Å². The first-order chi connectivity index (χ1) is 6.34. The van der Waals surface area contributed by atoms with Crippen LogP contribution in [0.25, 0.3) is 0 Å². The number of carboxylic acids is 1. The lowest BCUT2D eigenvalue weighted by Gasteiger charge is -2.16. The first kappa shape index (κ1) is 12.9. The zero-order chi connectivity index (χ0) is 11.3. The number of carbonyl (C=O) groups excluding carboxylic acids is 1. The molecule has 4 heteroatoms. The van der Waals surface area contributed by atoms with Gasteiger partial charge in [-0.15, -0.1) is 0 Å². The molecule has 0 saturated carbocycles. The third kappa shape index (κ3) is 4.84. The first-order valence-electron chi connectivity index (χ1n) is 4.86. The number of hydrogen-bond donors (Lipinski definition) is 2. The van der Waals surface area contributed by atoms with Gasteiger partial charge in [0.25, 0.3) is 0 Å². The van der Waals surface area contributed by atoms with E-state index in [-0.39, 0.29) is 24.3 Å². The molecule has 0 fully saturated rings. The summed E-state index contributed by atoms with van der Waals surface area (Å²) in [4.78, 5) is 22.1. The van der Waals surface area contributed by atoms with E-state index in [1.54, 1.807) is 13.8 Å². The first-order valence-corrected chi connectivity index (χ1v) is 4.86. The van der Waals surface area contributed by atoms with Crippen molar-refractivity contribution in [3.8, 4) is 0 Å². The van der Waals surface area contributed by atoms with Crippen LogP contribution in [-0.2, 0) is 9.59 Å². The van der Waals surface area contributed by atoms with Crippen LogP contribution in [0.3, 0.4) is 0 Å². The number of carboxylic acid groups (broad SMARTS) is 1. The average molecular weight is 201 g/mol. The van der Waals surface area contributed by atoms with Gasteiger partial charge in [-0.1, -0.05) is 13.8 Å². The Kier molecular flexibility index (Phi) is 5.20. The normalized spacial score (nSPS) is 13.0. The third-order valence-corrected chi connectivity index (χ3v) is 1.98. The monoisotopic (exact) mass is 201 g/mol. The highest BCUT2D eigenvalue weighted by Crippen LogP contribution is 2.15. The van der Waals surface area contributed by atoms with Crippen molar-refractivity contribution in [3.05, 3.63) is 0 Å². The summed E-state index contributed by atoms with van der Waals surface area (Å²) in [5.74, 6) is -1.71. The van der Waals surface area contributed by atoms with Crippen LogP contribution in [-0.4, -0.2) is 23.0 Å². The second-order valence-corrected chi connectivity index (χ2v) is 4.12. The Hall–Kier alpha value is -1.06. The molecular weight excluding hydrogens is 182 g/mol. The quantitative estimate of drug-likeness (QED) is 0.703. The fourth-order valence-corrected chi connectivity index (χ4v) is 1.19. The molecule has 1 atom stereocenters. The Morgan fingerprint density at radius 1 is 1.21 bits per heavy atom. The van der Waals surface area contributed by atoms with Crippen LogP contribution in [0.2, 0.25) is 0 Å². The van der Waals surface area contributed by atoms with Crippen molar-refractivity contribution in [2.24, 2.45) is 11.8 Å². The van der Waals surface area contributed by atoms with Gasteiger partial charge in [0.1, 0.15) is 0 Å². The number of carbonyl (C=O) groups is 2. The van der Waals surface area contributed by atoms with Crippen LogP contribution in [0.15, 0.2) is 0 Å². The minimum Gasteiger partial charge on any atom is -0.481 e. The molecule has 1 unspecified atom stereocenters. The minimum atomic E-state index is -0.904. The molecule has 0 spiro atoms. The van der Waals surface area contributed by atoms with Crippen LogP contribution in [0.1, 0.15) is 34.1 Å². The Balaban J connectivity index is 4.17. The van der Waals surface area contributed by atoms with Crippen LogP contribution < -0.4 is 5.32 Å². The lowest BCUT2D eigenvalue weighted by atomic mass is 9.92. The van der Waals surface area contributed by atoms with Gasteiger partial charge >= 0.3 is 5.97 Å². The lowest BCUT2D eigenvalue weighted by molar-refractivity contribution is -0.145. The van der Waals surface area contributed by atoms with E-state index in [1.165, 1.54) is 0 Å². The maximum Gasteiger partial charge on any atom is 0.307 e. The van der Waals surface area contributed by atoms with E-state index < -0.39 is 11.9 Å². The fraction of sp³-hybridized carbons (Fsp3) is 0.800. The topological polar surface area (TPSA) is 66.4 Å². The molecule has 14 heavy (non-hydrogen) atoms. The van der Waals surface area contributed by atoms with Crippen LogP contribution in [0.4, 0.5) is 0 Å². The second kappa shape index (κ2) is 5.62. The molecule has 0 bridgehead atoms. The van der Waals surface area contributed by atoms with Crippen LogP contribution in [0.5, 0.6) is 0 Å². The Morgan fingerprint density at radius 3 is 2.00 bits per heavy atom. The molecule has 0 heterocycles. The molecular formula is C10H19NO3. The standard InChI is InChI=1S/C10H19NO3/c1-6(2)8(10(13)14)5-9(12)11-7(3)4/h6-8H,5H2,1-4H3,(H,11,12)(H,13,14). The third-order valence-electron chi connectivity index (χ3n) is 1.98. The number of aliphatic carboxylic acids is 1. The SMILES string of the molecule is CC(C)NC(=O)CC(C(=O)O)C(C)C. The molecule has 82 valence electrons. The Labute approximate surface area is 84.7 Å². The van der Waals surface area contributed by atoms with Crippen molar-refractivity contribution in [2.45, 2.75) is 40.2 Å². The van der Waals surface area contributed by atoms with E-state index in [0.29, 0.717) is 0 Å². The lowest BCUT2D eigenvalue weighted by Crippen LogP contribution is -2.34. The molecule has 1 amide bonds. The molecule has 0 aliphatic heterocycles. The molecule has 0 aromatic carbocycles. The maximum atomic E-state index is 11.3. The van der Waals surface area contributed by atoms with E-state index in [1.807, 2.05) is 13.8 Å². The predicted octanol–water partition coefficient (Wildman–Crippen LogP) is 1.26. The highest BCUT2D eigenvalue weighted by atomic mass is 16.4. The molecule has 0 radical (unpaired) electrons. The summed E-state index contributed by atoms with van der Waals surface area (Å²) < 4.78 is 0. The number of amides is 1. The molecule has 0 aliphatic rings. The zero-order valence-electron chi connectivity index (χ0n) is 9.20. The van der Waals surface area contributed by atoms with Crippen molar-refractivity contribution in [2.75, 3.05) is 0 Å². The predicted molar refractivity (Wildman–Crippen MR) is 53.9 cm³/mol. The van der Waals surface area contributed by atoms with Crippen molar-refractivity contribution in [1.82, 2.24) is 5.32 Å². The van der Waals surface area contributed by atoms with Gasteiger partial charge in [0.15, 0.2) is 0 Å². The molecule has 0 rings (SSSR count). The number of nitrogens with one attached hydrogen (secondary N) is 1. The smallest absolute Gasteiger partial charge is 0.307 e. The molecule has 0 aliphatic carbocycles. The fourth-order valence-electron chi connectivity index (χ4n) is 1.19. The zero-order valence-corrected chi connectivity index (χ0v) is 9.20. The maximum absolute atomic E-state index is 11.3. The summed E-state index contributed by atoms with van der Waals surface area (Å²) in [6.07, 6.45) is 0.0607. The van der Waals surface area contributed by atoms with Crippen molar-refractivity contribution < 1.29 is 14.7 Å². The molecule has 2 N–H and O–H groups in total. The van der Waals surface area contributed by atoms with E-state index >= 15 is 0 Å². The van der Waals surface area contributed by atoms with Crippen molar-refractivity contribution in [1.29, 1.82) is 0 Å². The summed E-state index contributed by atoms with van der Waals surface area (Å²) in [5, 5.41) is 11.5. The minimum absolute atomic E-state index is 0.0228. The molecule has 0 aromatic heterocycles. The molecule has 4 nitrogen and oxygen atoms in total. The Bertz CT molecular complexity index is 211. The highest BCUT2D eigenvalue weighted by molar-refractivity contribution is 5.82. The number of rotatable bonds is 5. The highest BCUT2D eigenvalue weighted by Gasteiger charge is 2.24. The van der Waals surface area contributed by atoms with E-state index in [0.717, 1.165) is 0 Å². The molecule has 0 saturated heterocycles. The van der Waals surface area contributed by atoms with Gasteiger partial charge in [-0.3, -0.25) is 9.59 Å². The summed E-state index contributed by atoms with van der Waals surface area (Å²) in [6, 6.07) is 0.0594. The molecule has 0 aromatic rings. The van der Waals surface area contributed by atoms with Gasteiger partial charge in [0, 0.05) is 12.5 Å². The largest absolute Gasteiger partial charge is 0.481 e.